The van der Waals surface area contributed by atoms with Crippen LogP contribution >= 0.6 is 0 Å². The van der Waals surface area contributed by atoms with Gasteiger partial charge in [0, 0.05) is 18.6 Å². The number of ether oxygens (including phenoxy) is 2. The molecule has 5 rings (SSSR count). The number of nitrogens with zero attached hydrogens (tertiary/aromatic N) is 2. The summed E-state index contributed by atoms with van der Waals surface area (Å²) in [5.41, 5.74) is -0.607. The third-order valence-corrected chi connectivity index (χ3v) is 5.92. The summed E-state index contributed by atoms with van der Waals surface area (Å²) in [5.74, 6) is -1.52. The van der Waals surface area contributed by atoms with E-state index in [1.54, 1.807) is 0 Å². The van der Waals surface area contributed by atoms with Gasteiger partial charge in [-0.3, -0.25) is 0 Å². The molecule has 0 unspecified atom stereocenters. The first-order chi connectivity index (χ1) is 14.3. The molecule has 2 aromatic rings. The van der Waals surface area contributed by atoms with Crippen LogP contribution in [0.3, 0.4) is 0 Å². The second-order valence-electron chi connectivity index (χ2n) is 8.06. The first-order valence-corrected chi connectivity index (χ1v) is 9.72. The monoisotopic (exact) mass is 425 g/mol. The second-order valence-corrected chi connectivity index (χ2v) is 8.06. The number of phenols is 1. The second kappa shape index (κ2) is 6.78. The van der Waals surface area contributed by atoms with E-state index >= 15 is 0 Å². The number of alkyl halides is 3. The highest BCUT2D eigenvalue weighted by Crippen LogP contribution is 2.50. The van der Waals surface area contributed by atoms with Crippen LogP contribution in [0.25, 0.3) is 11.3 Å². The highest BCUT2D eigenvalue weighted by molar-refractivity contribution is 5.74. The molecular formula is C20H19F4N3O3. The van der Waals surface area contributed by atoms with Gasteiger partial charge in [-0.05, 0) is 37.0 Å². The zero-order chi connectivity index (χ0) is 21.1. The average molecular weight is 425 g/mol. The van der Waals surface area contributed by atoms with Crippen LogP contribution in [-0.2, 0) is 28.7 Å². The Bertz CT molecular complexity index is 979. The summed E-state index contributed by atoms with van der Waals surface area (Å²) in [4.78, 5) is 0. The maximum Gasteiger partial charge on any atom is 0.416 e. The van der Waals surface area contributed by atoms with Gasteiger partial charge in [-0.1, -0.05) is 0 Å². The third kappa shape index (κ3) is 3.37. The van der Waals surface area contributed by atoms with Crippen LogP contribution in [0.4, 0.5) is 23.4 Å². The van der Waals surface area contributed by atoms with Crippen molar-refractivity contribution in [3.05, 3.63) is 34.6 Å². The van der Waals surface area contributed by atoms with E-state index in [1.807, 2.05) is 0 Å². The van der Waals surface area contributed by atoms with Gasteiger partial charge in [0.05, 0.1) is 36.0 Å². The van der Waals surface area contributed by atoms with Crippen LogP contribution in [0.1, 0.15) is 36.0 Å². The zero-order valence-corrected chi connectivity index (χ0v) is 15.9. The quantitative estimate of drug-likeness (QED) is 0.729. The van der Waals surface area contributed by atoms with Crippen molar-refractivity contribution in [3.8, 4) is 17.0 Å². The van der Waals surface area contributed by atoms with Crippen LogP contribution in [0.5, 0.6) is 5.75 Å². The molecule has 1 atom stereocenters. The summed E-state index contributed by atoms with van der Waals surface area (Å²) in [7, 11) is 0. The minimum absolute atomic E-state index is 0.0523. The van der Waals surface area contributed by atoms with Crippen LogP contribution in [0.15, 0.2) is 12.1 Å². The molecule has 6 nitrogen and oxygen atoms in total. The van der Waals surface area contributed by atoms with E-state index in [4.69, 9.17) is 9.47 Å². The van der Waals surface area contributed by atoms with Gasteiger partial charge >= 0.3 is 6.18 Å². The molecule has 3 aliphatic rings. The van der Waals surface area contributed by atoms with Crippen molar-refractivity contribution in [1.82, 2.24) is 10.2 Å². The van der Waals surface area contributed by atoms with Crippen LogP contribution in [0, 0.1) is 5.82 Å². The van der Waals surface area contributed by atoms with Crippen LogP contribution in [0.2, 0.25) is 0 Å². The van der Waals surface area contributed by atoms with E-state index in [9.17, 15) is 22.7 Å². The molecular weight excluding hydrogens is 406 g/mol. The van der Waals surface area contributed by atoms with E-state index in [2.05, 4.69) is 15.5 Å². The van der Waals surface area contributed by atoms with Gasteiger partial charge in [0.1, 0.15) is 17.3 Å². The van der Waals surface area contributed by atoms with Crippen LogP contribution < -0.4 is 5.32 Å². The van der Waals surface area contributed by atoms with E-state index in [1.165, 1.54) is 0 Å². The van der Waals surface area contributed by atoms with Crippen molar-refractivity contribution >= 4 is 5.82 Å². The predicted octanol–water partition coefficient (Wildman–Crippen LogP) is 3.81. The molecule has 2 aliphatic heterocycles. The number of rotatable bonds is 3. The number of nitrogens with one attached hydrogen (secondary N) is 1. The van der Waals surface area contributed by atoms with Gasteiger partial charge in [0.15, 0.2) is 5.82 Å². The van der Waals surface area contributed by atoms with Gasteiger partial charge < -0.3 is 19.9 Å². The average Bonchev–Trinajstić information content (AvgIpc) is 3.21. The topological polar surface area (TPSA) is 76.5 Å². The molecule has 3 heterocycles. The number of aromatic hydroxyl groups is 1. The van der Waals surface area contributed by atoms with Crippen molar-refractivity contribution < 1.29 is 32.1 Å². The Balaban J connectivity index is 1.61. The summed E-state index contributed by atoms with van der Waals surface area (Å²) in [6.45, 7) is 1.39. The number of fused-ring (bicyclic) bond motifs is 1. The summed E-state index contributed by atoms with van der Waals surface area (Å²) in [5, 5.41) is 21.8. The highest BCUT2D eigenvalue weighted by Gasteiger charge is 2.48. The lowest BCUT2D eigenvalue weighted by molar-refractivity contribution is -0.137. The number of aromatic nitrogens is 2. The molecule has 10 heteroatoms. The standard InChI is InChI=1S/C20H19F4N3O3/c21-14-5-10(20(22,23)24)6-15(28)16(14)17-12-7-19(2-3-19)30-9-13(12)18(27-26-17)25-11-1-4-29-8-11/h5-6,11,28H,1-4,7-9H2,(H,25,27)/t11-/m1/s1. The summed E-state index contributed by atoms with van der Waals surface area (Å²) < 4.78 is 65.0. The molecule has 2 fully saturated rings. The SMILES string of the molecule is Oc1cc(C(F)(F)F)cc(F)c1-c1nnc(N[C@@H]2CCOC2)c2c1CC1(CC1)OC2. The maximum absolute atomic E-state index is 14.7. The lowest BCUT2D eigenvalue weighted by Crippen LogP contribution is -2.28. The van der Waals surface area contributed by atoms with Gasteiger partial charge in [-0.25, -0.2) is 4.39 Å². The normalized spacial score (nSPS) is 22.2. The fourth-order valence-electron chi connectivity index (χ4n) is 4.06. The summed E-state index contributed by atoms with van der Waals surface area (Å²) >= 11 is 0. The highest BCUT2D eigenvalue weighted by atomic mass is 19.4. The Hall–Kier alpha value is -2.46. The van der Waals surface area contributed by atoms with E-state index in [0.29, 0.717) is 48.7 Å². The van der Waals surface area contributed by atoms with Crippen molar-refractivity contribution in [2.75, 3.05) is 18.5 Å². The Kier molecular flexibility index (Phi) is 4.41. The fourth-order valence-corrected chi connectivity index (χ4v) is 4.06. The number of hydrogen-bond donors (Lipinski definition) is 2. The predicted molar refractivity (Wildman–Crippen MR) is 97.4 cm³/mol. The largest absolute Gasteiger partial charge is 0.507 e. The molecule has 1 aliphatic carbocycles. The molecule has 30 heavy (non-hydrogen) atoms. The molecule has 1 saturated heterocycles. The summed E-state index contributed by atoms with van der Waals surface area (Å²) in [6.07, 6.45) is -1.85. The Morgan fingerprint density at radius 1 is 1.17 bits per heavy atom. The zero-order valence-electron chi connectivity index (χ0n) is 15.9. The molecule has 1 aromatic heterocycles. The van der Waals surface area contributed by atoms with Gasteiger partial charge in [0.25, 0.3) is 0 Å². The van der Waals surface area contributed by atoms with Gasteiger partial charge in [-0.15, -0.1) is 10.2 Å². The first-order valence-electron chi connectivity index (χ1n) is 9.72. The molecule has 1 aromatic carbocycles. The fraction of sp³-hybridized carbons (Fsp3) is 0.500. The molecule has 1 spiro atoms. The number of hydrogen-bond acceptors (Lipinski definition) is 6. The first kappa shape index (κ1) is 19.5. The number of anilines is 1. The van der Waals surface area contributed by atoms with Crippen molar-refractivity contribution in [1.29, 1.82) is 0 Å². The van der Waals surface area contributed by atoms with E-state index < -0.39 is 23.3 Å². The van der Waals surface area contributed by atoms with Crippen LogP contribution in [-0.4, -0.2) is 40.2 Å². The lowest BCUT2D eigenvalue weighted by atomic mass is 9.92. The Morgan fingerprint density at radius 2 is 1.97 bits per heavy atom. The van der Waals surface area contributed by atoms with Gasteiger partial charge in [0.2, 0.25) is 0 Å². The molecule has 0 bridgehead atoms. The molecule has 0 amide bonds. The van der Waals surface area contributed by atoms with Crippen molar-refractivity contribution in [2.24, 2.45) is 0 Å². The van der Waals surface area contributed by atoms with E-state index in [0.717, 1.165) is 19.3 Å². The lowest BCUT2D eigenvalue weighted by Gasteiger charge is -2.29. The van der Waals surface area contributed by atoms with E-state index in [-0.39, 0.29) is 29.5 Å². The molecule has 0 radical (unpaired) electrons. The maximum atomic E-state index is 14.7. The Morgan fingerprint density at radius 3 is 2.60 bits per heavy atom. The number of benzene rings is 1. The van der Waals surface area contributed by atoms with Crippen molar-refractivity contribution in [3.63, 3.8) is 0 Å². The molecule has 2 N–H and O–H groups in total. The Labute approximate surface area is 169 Å². The summed E-state index contributed by atoms with van der Waals surface area (Å²) in [6, 6.07) is 0.945. The molecule has 160 valence electrons. The number of halogens is 4. The van der Waals surface area contributed by atoms with Crippen molar-refractivity contribution in [2.45, 2.75) is 50.1 Å². The third-order valence-electron chi connectivity index (χ3n) is 5.92. The minimum atomic E-state index is -4.77. The smallest absolute Gasteiger partial charge is 0.416 e. The molecule has 1 saturated carbocycles. The number of phenolic OH excluding ortho intramolecular Hbond substituents is 1. The van der Waals surface area contributed by atoms with Gasteiger partial charge in [-0.2, -0.15) is 13.2 Å². The minimum Gasteiger partial charge on any atom is -0.507 e.